The molecule has 1 saturated heterocycles. The zero-order valence-electron chi connectivity index (χ0n) is 26.9. The molecule has 2 aliphatic carbocycles. The first-order valence-electron chi connectivity index (χ1n) is 15.3. The van der Waals surface area contributed by atoms with Crippen LogP contribution in [0, 0.1) is 17.8 Å². The van der Waals surface area contributed by atoms with Gasteiger partial charge in [0.15, 0.2) is 11.9 Å². The lowest BCUT2D eigenvalue weighted by Crippen LogP contribution is -2.69. The van der Waals surface area contributed by atoms with Crippen LogP contribution in [0.5, 0.6) is 0 Å². The second kappa shape index (κ2) is 12.9. The molecule has 12 nitrogen and oxygen atoms in total. The Bertz CT molecular complexity index is 1260. The molecule has 0 radical (unpaired) electrons. The summed E-state index contributed by atoms with van der Waals surface area (Å²) in [6, 6.07) is -1.13. The summed E-state index contributed by atoms with van der Waals surface area (Å²) in [5.41, 5.74) is -4.17. The Morgan fingerprint density at radius 3 is 2.32 bits per heavy atom. The van der Waals surface area contributed by atoms with Crippen molar-refractivity contribution in [3.63, 3.8) is 0 Å². The Hall–Kier alpha value is -2.77. The van der Waals surface area contributed by atoms with Crippen molar-refractivity contribution in [3.05, 3.63) is 25.3 Å². The van der Waals surface area contributed by atoms with Gasteiger partial charge in [-0.3, -0.25) is 29.3 Å². The molecule has 3 aliphatic rings. The number of nitrogens with one attached hydrogen (secondary N) is 3. The lowest BCUT2D eigenvalue weighted by atomic mass is 9.83. The summed E-state index contributed by atoms with van der Waals surface area (Å²) in [5, 5.41) is 16.3. The minimum atomic E-state index is -3.97. The molecule has 44 heavy (non-hydrogen) atoms. The number of aliphatic hydroxyl groups is 1. The van der Waals surface area contributed by atoms with Gasteiger partial charge in [0.2, 0.25) is 15.9 Å². The SMILES string of the molecule is C=CCCC(C)C[C@@H](C)[C@](C=O)(NC(=O)OC(C)(C)C)N1C[C@H](O)C[C@H]1C(=O)N[C@]1(C(=O)NS(=O)(=O)C2(C)CC2)C[C@H]1C=C. The van der Waals surface area contributed by atoms with E-state index >= 15 is 0 Å². The summed E-state index contributed by atoms with van der Waals surface area (Å²) in [7, 11) is -3.97. The van der Waals surface area contributed by atoms with Crippen LogP contribution in [0.4, 0.5) is 4.79 Å². The highest BCUT2D eigenvalue weighted by molar-refractivity contribution is 7.91. The van der Waals surface area contributed by atoms with Crippen LogP contribution < -0.4 is 15.4 Å². The quantitative estimate of drug-likeness (QED) is 0.155. The molecule has 1 aliphatic heterocycles. The number of rotatable bonds is 15. The molecule has 0 aromatic rings. The number of alkyl carbamates (subject to hydrolysis) is 1. The van der Waals surface area contributed by atoms with E-state index in [1.165, 1.54) is 11.0 Å². The predicted molar refractivity (Wildman–Crippen MR) is 166 cm³/mol. The van der Waals surface area contributed by atoms with Crippen molar-refractivity contribution in [2.24, 2.45) is 17.8 Å². The van der Waals surface area contributed by atoms with Gasteiger partial charge in [-0.25, -0.2) is 13.2 Å². The highest BCUT2D eigenvalue weighted by atomic mass is 32.2. The van der Waals surface area contributed by atoms with Crippen molar-refractivity contribution in [1.29, 1.82) is 0 Å². The van der Waals surface area contributed by atoms with Crippen LogP contribution in [0.2, 0.25) is 0 Å². The van der Waals surface area contributed by atoms with E-state index in [2.05, 4.69) is 28.5 Å². The van der Waals surface area contributed by atoms with Gasteiger partial charge in [-0.15, -0.1) is 13.2 Å². The van der Waals surface area contributed by atoms with E-state index in [9.17, 15) is 32.7 Å². The number of amides is 3. The van der Waals surface area contributed by atoms with E-state index in [4.69, 9.17) is 4.74 Å². The van der Waals surface area contributed by atoms with E-state index < -0.39 is 73.5 Å². The fourth-order valence-corrected chi connectivity index (χ4v) is 7.36. The number of likely N-dealkylation sites (tertiary alicyclic amines) is 1. The molecular weight excluding hydrogens is 588 g/mol. The van der Waals surface area contributed by atoms with Gasteiger partial charge in [0.25, 0.3) is 5.91 Å². The summed E-state index contributed by atoms with van der Waals surface area (Å²) >= 11 is 0. The average Bonchev–Trinajstić information content (AvgIpc) is 3.80. The third-order valence-corrected chi connectivity index (χ3v) is 11.3. The van der Waals surface area contributed by atoms with Gasteiger partial charge >= 0.3 is 6.09 Å². The van der Waals surface area contributed by atoms with Crippen LogP contribution in [0.1, 0.15) is 86.5 Å². The molecule has 1 unspecified atom stereocenters. The highest BCUT2D eigenvalue weighted by Gasteiger charge is 2.63. The lowest BCUT2D eigenvalue weighted by Gasteiger charge is -2.45. The Labute approximate surface area is 261 Å². The van der Waals surface area contributed by atoms with Gasteiger partial charge < -0.3 is 15.2 Å². The smallest absolute Gasteiger partial charge is 0.409 e. The van der Waals surface area contributed by atoms with Crippen LogP contribution in [0.3, 0.4) is 0 Å². The molecule has 3 fully saturated rings. The van der Waals surface area contributed by atoms with Crippen molar-refractivity contribution < 1.29 is 37.4 Å². The van der Waals surface area contributed by atoms with Crippen LogP contribution >= 0.6 is 0 Å². The van der Waals surface area contributed by atoms with Gasteiger partial charge in [-0.2, -0.15) is 0 Å². The number of carbonyl (C=O) groups excluding carboxylic acids is 4. The molecule has 248 valence electrons. The molecule has 0 spiro atoms. The molecule has 1 heterocycles. The molecule has 0 aromatic heterocycles. The molecule has 3 amide bonds. The second-order valence-corrected chi connectivity index (χ2v) is 16.3. The topological polar surface area (TPSA) is 171 Å². The number of β-amino-alcohol motifs (C(OH)–C–C–N with tert-alkyl or cyclic N) is 1. The lowest BCUT2D eigenvalue weighted by molar-refractivity contribution is -0.138. The summed E-state index contributed by atoms with van der Waals surface area (Å²) in [5.74, 6) is -2.46. The number of hydrogen-bond donors (Lipinski definition) is 4. The third-order valence-electron chi connectivity index (χ3n) is 9.19. The number of carbonyl (C=O) groups is 4. The van der Waals surface area contributed by atoms with Gasteiger partial charge in [0.1, 0.15) is 11.1 Å². The minimum absolute atomic E-state index is 0.0804. The number of hydrogen-bond acceptors (Lipinski definition) is 9. The zero-order valence-corrected chi connectivity index (χ0v) is 27.7. The van der Waals surface area contributed by atoms with Crippen molar-refractivity contribution in [1.82, 2.24) is 20.3 Å². The predicted octanol–water partition coefficient (Wildman–Crippen LogP) is 2.53. The number of aldehydes is 1. The monoisotopic (exact) mass is 638 g/mol. The zero-order chi connectivity index (χ0) is 33.3. The number of allylic oxidation sites excluding steroid dienone is 1. The van der Waals surface area contributed by atoms with Crippen molar-refractivity contribution in [3.8, 4) is 0 Å². The number of nitrogens with zero attached hydrogens (tertiary/aromatic N) is 1. The van der Waals surface area contributed by atoms with Gasteiger partial charge in [-0.1, -0.05) is 26.0 Å². The van der Waals surface area contributed by atoms with E-state index in [-0.39, 0.29) is 25.3 Å². The van der Waals surface area contributed by atoms with Crippen molar-refractivity contribution in [2.45, 2.75) is 120 Å². The van der Waals surface area contributed by atoms with E-state index in [0.29, 0.717) is 25.5 Å². The van der Waals surface area contributed by atoms with Crippen molar-refractivity contribution in [2.75, 3.05) is 6.54 Å². The first kappa shape index (κ1) is 35.7. The molecule has 13 heteroatoms. The number of sulfonamides is 1. The maximum absolute atomic E-state index is 14.0. The van der Waals surface area contributed by atoms with Gasteiger partial charge in [0.05, 0.1) is 16.9 Å². The molecule has 0 aromatic carbocycles. The first-order chi connectivity index (χ1) is 20.3. The summed E-state index contributed by atoms with van der Waals surface area (Å²) in [6.45, 7) is 17.8. The first-order valence-corrected chi connectivity index (χ1v) is 16.8. The standard InChI is InChI=1S/C31H50N4O8S/c1-9-11-12-20(3)15-21(4)31(19-36,33-27(40)43-28(5,6)7)35-18-23(37)16-24(35)25(38)32-30(17-22(30)10-2)26(39)34-44(41,42)29(8)13-14-29/h9-10,19-24,37H,1-2,11-18H2,3-8H3,(H,32,38)(H,33,40)(H,34,39)/t20?,21-,22-,23-,24+,30-,31-/m1/s1. The minimum Gasteiger partial charge on any atom is -0.444 e. The Balaban J connectivity index is 1.93. The Kier molecular flexibility index (Phi) is 10.5. The molecule has 3 rings (SSSR count). The fraction of sp³-hybridized carbons (Fsp3) is 0.742. The normalized spacial score (nSPS) is 28.8. The van der Waals surface area contributed by atoms with E-state index in [1.54, 1.807) is 40.7 Å². The maximum Gasteiger partial charge on any atom is 0.409 e. The Morgan fingerprint density at radius 1 is 1.18 bits per heavy atom. The van der Waals surface area contributed by atoms with E-state index in [0.717, 1.165) is 12.8 Å². The largest absolute Gasteiger partial charge is 0.444 e. The summed E-state index contributed by atoms with van der Waals surface area (Å²) in [4.78, 5) is 55.0. The number of aliphatic hydroxyl groups excluding tert-OH is 1. The maximum atomic E-state index is 14.0. The summed E-state index contributed by atoms with van der Waals surface area (Å²) < 4.78 is 32.3. The average molecular weight is 639 g/mol. The molecule has 0 bridgehead atoms. The summed E-state index contributed by atoms with van der Waals surface area (Å²) in [6.07, 6.45) is 4.95. The molecule has 4 N–H and O–H groups in total. The third kappa shape index (κ3) is 7.54. The van der Waals surface area contributed by atoms with E-state index in [1.807, 2.05) is 6.92 Å². The van der Waals surface area contributed by atoms with Crippen LogP contribution in [0.25, 0.3) is 0 Å². The Morgan fingerprint density at radius 2 is 1.82 bits per heavy atom. The van der Waals surface area contributed by atoms with Crippen LogP contribution in [0.15, 0.2) is 25.3 Å². The molecule has 7 atom stereocenters. The van der Waals surface area contributed by atoms with Crippen LogP contribution in [-0.4, -0.2) is 82.9 Å². The number of ether oxygens (including phenoxy) is 1. The van der Waals surface area contributed by atoms with Gasteiger partial charge in [0, 0.05) is 18.4 Å². The van der Waals surface area contributed by atoms with Crippen LogP contribution in [-0.2, 0) is 29.1 Å². The highest BCUT2D eigenvalue weighted by Crippen LogP contribution is 2.47. The van der Waals surface area contributed by atoms with Crippen molar-refractivity contribution >= 4 is 34.2 Å². The molecular formula is C31H50N4O8S. The second-order valence-electron chi connectivity index (χ2n) is 14.1. The fourth-order valence-electron chi connectivity index (χ4n) is 6.05. The van der Waals surface area contributed by atoms with Gasteiger partial charge in [-0.05, 0) is 78.6 Å². The molecule has 2 saturated carbocycles.